The van der Waals surface area contributed by atoms with E-state index in [2.05, 4.69) is 15.6 Å². The number of para-hydroxylation sites is 1. The summed E-state index contributed by atoms with van der Waals surface area (Å²) in [5, 5.41) is 5.96. The van der Waals surface area contributed by atoms with Crippen LogP contribution in [0.1, 0.15) is 17.3 Å². The van der Waals surface area contributed by atoms with Crippen LogP contribution in [-0.4, -0.2) is 17.4 Å². The van der Waals surface area contributed by atoms with E-state index in [9.17, 15) is 9.18 Å². The summed E-state index contributed by atoms with van der Waals surface area (Å²) in [6.07, 6.45) is 1.06. The van der Waals surface area contributed by atoms with Gasteiger partial charge in [-0.1, -0.05) is 23.7 Å². The van der Waals surface area contributed by atoms with Crippen molar-refractivity contribution in [1.29, 1.82) is 0 Å². The Hall–Kier alpha value is -2.14. The number of rotatable bonds is 4. The molecule has 4 nitrogen and oxygen atoms in total. The number of carbonyl (C=O) groups excluding carboxylic acids is 1. The summed E-state index contributed by atoms with van der Waals surface area (Å²) in [7, 11) is 0. The van der Waals surface area contributed by atoms with Crippen molar-refractivity contribution >= 4 is 29.0 Å². The van der Waals surface area contributed by atoms with Gasteiger partial charge in [0, 0.05) is 6.54 Å². The Balaban J connectivity index is 2.29. The Bertz CT molecular complexity index is 634. The lowest BCUT2D eigenvalue weighted by Gasteiger charge is -2.11. The maximum atomic E-state index is 13.3. The molecule has 0 saturated carbocycles. The number of nitrogens with zero attached hydrogens (tertiary/aromatic N) is 1. The zero-order chi connectivity index (χ0) is 14.5. The largest absolute Gasteiger partial charge is 0.370 e. The number of aromatic nitrogens is 1. The molecule has 0 aliphatic rings. The first-order valence-corrected chi connectivity index (χ1v) is 6.45. The first-order chi connectivity index (χ1) is 9.61. The highest BCUT2D eigenvalue weighted by molar-refractivity contribution is 6.34. The Morgan fingerprint density at radius 1 is 1.40 bits per heavy atom. The molecule has 2 rings (SSSR count). The first kappa shape index (κ1) is 14.3. The molecule has 0 saturated heterocycles. The zero-order valence-corrected chi connectivity index (χ0v) is 11.5. The topological polar surface area (TPSA) is 54.0 Å². The monoisotopic (exact) mass is 293 g/mol. The van der Waals surface area contributed by atoms with E-state index in [1.165, 1.54) is 0 Å². The minimum absolute atomic E-state index is 0.131. The van der Waals surface area contributed by atoms with Crippen LogP contribution in [0.5, 0.6) is 0 Å². The van der Waals surface area contributed by atoms with E-state index in [4.69, 9.17) is 11.6 Å². The van der Waals surface area contributed by atoms with Gasteiger partial charge in [0.05, 0.1) is 22.5 Å². The van der Waals surface area contributed by atoms with E-state index in [1.54, 1.807) is 24.3 Å². The smallest absolute Gasteiger partial charge is 0.259 e. The van der Waals surface area contributed by atoms with Crippen molar-refractivity contribution in [2.45, 2.75) is 6.92 Å². The van der Waals surface area contributed by atoms with Crippen molar-refractivity contribution in [3.8, 4) is 0 Å². The molecule has 0 unspecified atom stereocenters. The van der Waals surface area contributed by atoms with Crippen LogP contribution in [-0.2, 0) is 0 Å². The summed E-state index contributed by atoms with van der Waals surface area (Å²) >= 11 is 5.97. The summed E-state index contributed by atoms with van der Waals surface area (Å²) in [5.74, 6) is -0.713. The van der Waals surface area contributed by atoms with E-state index in [0.717, 1.165) is 12.3 Å². The summed E-state index contributed by atoms with van der Waals surface area (Å²) in [5.41, 5.74) is 0.595. The highest BCUT2D eigenvalue weighted by atomic mass is 35.5. The number of carbonyl (C=O) groups is 1. The third-order valence-electron chi connectivity index (χ3n) is 2.57. The number of halogens is 2. The van der Waals surface area contributed by atoms with Gasteiger partial charge in [-0.15, -0.1) is 0 Å². The second kappa shape index (κ2) is 6.34. The van der Waals surface area contributed by atoms with Crippen LogP contribution in [0.2, 0.25) is 5.02 Å². The average molecular weight is 294 g/mol. The highest BCUT2D eigenvalue weighted by Crippen LogP contribution is 2.22. The zero-order valence-electron chi connectivity index (χ0n) is 10.8. The van der Waals surface area contributed by atoms with Crippen molar-refractivity contribution in [3.63, 3.8) is 0 Å². The molecule has 104 valence electrons. The van der Waals surface area contributed by atoms with Crippen LogP contribution in [0.25, 0.3) is 0 Å². The minimum Gasteiger partial charge on any atom is -0.370 e. The van der Waals surface area contributed by atoms with Crippen LogP contribution in [0, 0.1) is 5.82 Å². The molecule has 1 heterocycles. The number of benzene rings is 1. The minimum atomic E-state index is -0.573. The van der Waals surface area contributed by atoms with Gasteiger partial charge < -0.3 is 10.6 Å². The van der Waals surface area contributed by atoms with Crippen molar-refractivity contribution in [2.24, 2.45) is 0 Å². The predicted molar refractivity (Wildman–Crippen MR) is 77.8 cm³/mol. The number of pyridine rings is 1. The van der Waals surface area contributed by atoms with Crippen LogP contribution >= 0.6 is 11.6 Å². The highest BCUT2D eigenvalue weighted by Gasteiger charge is 2.15. The second-order valence-electron chi connectivity index (χ2n) is 4.01. The second-order valence-corrected chi connectivity index (χ2v) is 4.42. The molecule has 20 heavy (non-hydrogen) atoms. The molecule has 6 heteroatoms. The Kier molecular flexibility index (Phi) is 4.53. The van der Waals surface area contributed by atoms with E-state index in [1.807, 2.05) is 6.92 Å². The standard InChI is InChI=1S/C14H13ClFN3O/c1-2-17-13-10(7-9(16)8-18-13)14(20)19-12-6-4-3-5-11(12)15/h3-8H,2H2,1H3,(H,17,18)(H,19,20). The molecular weight excluding hydrogens is 281 g/mol. The van der Waals surface area contributed by atoms with Gasteiger partial charge >= 0.3 is 0 Å². The predicted octanol–water partition coefficient (Wildman–Crippen LogP) is 3.56. The maximum absolute atomic E-state index is 13.3. The fraction of sp³-hybridized carbons (Fsp3) is 0.143. The number of amides is 1. The van der Waals surface area contributed by atoms with Crippen LogP contribution in [0.15, 0.2) is 36.5 Å². The maximum Gasteiger partial charge on any atom is 0.259 e. The van der Waals surface area contributed by atoms with Gasteiger partial charge in [-0.2, -0.15) is 0 Å². The fourth-order valence-corrected chi connectivity index (χ4v) is 1.86. The number of anilines is 2. The van der Waals surface area contributed by atoms with E-state index in [-0.39, 0.29) is 5.56 Å². The molecule has 1 aromatic carbocycles. The van der Waals surface area contributed by atoms with Gasteiger partial charge in [0.15, 0.2) is 0 Å². The number of nitrogens with one attached hydrogen (secondary N) is 2. The van der Waals surface area contributed by atoms with Crippen molar-refractivity contribution < 1.29 is 9.18 Å². The quantitative estimate of drug-likeness (QED) is 0.906. The molecule has 0 radical (unpaired) electrons. The van der Waals surface area contributed by atoms with Gasteiger partial charge in [-0.05, 0) is 25.1 Å². The van der Waals surface area contributed by atoms with Crippen molar-refractivity contribution in [1.82, 2.24) is 4.98 Å². The lowest BCUT2D eigenvalue weighted by molar-refractivity contribution is 0.102. The van der Waals surface area contributed by atoms with E-state index >= 15 is 0 Å². The molecule has 2 N–H and O–H groups in total. The molecule has 0 spiro atoms. The fourth-order valence-electron chi connectivity index (χ4n) is 1.67. The Morgan fingerprint density at radius 3 is 2.85 bits per heavy atom. The molecule has 0 fully saturated rings. The first-order valence-electron chi connectivity index (χ1n) is 6.07. The van der Waals surface area contributed by atoms with Crippen LogP contribution in [0.3, 0.4) is 0 Å². The molecule has 0 atom stereocenters. The molecule has 1 amide bonds. The number of hydrogen-bond acceptors (Lipinski definition) is 3. The number of hydrogen-bond donors (Lipinski definition) is 2. The van der Waals surface area contributed by atoms with Gasteiger partial charge in [0.2, 0.25) is 0 Å². The molecular formula is C14H13ClFN3O. The Labute approximate surface area is 121 Å². The van der Waals surface area contributed by atoms with Gasteiger partial charge in [-0.25, -0.2) is 9.37 Å². The lowest BCUT2D eigenvalue weighted by atomic mass is 10.2. The van der Waals surface area contributed by atoms with Crippen molar-refractivity contribution in [2.75, 3.05) is 17.2 Å². The summed E-state index contributed by atoms with van der Waals surface area (Å²) < 4.78 is 13.3. The normalized spacial score (nSPS) is 10.2. The van der Waals surface area contributed by atoms with Gasteiger partial charge in [0.25, 0.3) is 5.91 Å². The van der Waals surface area contributed by atoms with Crippen LogP contribution in [0.4, 0.5) is 15.9 Å². The van der Waals surface area contributed by atoms with E-state index < -0.39 is 11.7 Å². The third kappa shape index (κ3) is 3.24. The third-order valence-corrected chi connectivity index (χ3v) is 2.89. The molecule has 0 aliphatic carbocycles. The van der Waals surface area contributed by atoms with E-state index in [0.29, 0.717) is 23.1 Å². The average Bonchev–Trinajstić information content (AvgIpc) is 2.43. The van der Waals surface area contributed by atoms with Crippen molar-refractivity contribution in [3.05, 3.63) is 52.9 Å². The summed E-state index contributed by atoms with van der Waals surface area (Å²) in [6.45, 7) is 2.44. The lowest BCUT2D eigenvalue weighted by Crippen LogP contribution is -2.16. The molecule has 0 aliphatic heterocycles. The SMILES string of the molecule is CCNc1ncc(F)cc1C(=O)Nc1ccccc1Cl. The molecule has 0 bridgehead atoms. The van der Waals surface area contributed by atoms with Gasteiger partial charge in [0.1, 0.15) is 11.6 Å². The molecule has 2 aromatic rings. The summed E-state index contributed by atoms with van der Waals surface area (Å²) in [6, 6.07) is 7.96. The summed E-state index contributed by atoms with van der Waals surface area (Å²) in [4.78, 5) is 16.1. The molecule has 1 aromatic heterocycles. The van der Waals surface area contributed by atoms with Crippen LogP contribution < -0.4 is 10.6 Å². The Morgan fingerprint density at radius 2 is 2.15 bits per heavy atom. The van der Waals surface area contributed by atoms with Gasteiger partial charge in [-0.3, -0.25) is 4.79 Å².